The van der Waals surface area contributed by atoms with Crippen molar-refractivity contribution in [1.29, 1.82) is 0 Å². The number of hydrogen-bond acceptors (Lipinski definition) is 3. The fourth-order valence-electron chi connectivity index (χ4n) is 2.14. The number of ether oxygens (including phenoxy) is 1. The Balaban J connectivity index is 2.15. The Morgan fingerprint density at radius 2 is 2.33 bits per heavy atom. The molecule has 0 aromatic heterocycles. The Labute approximate surface area is 92.8 Å². The van der Waals surface area contributed by atoms with Crippen LogP contribution in [0.3, 0.4) is 0 Å². The summed E-state index contributed by atoms with van der Waals surface area (Å²) in [5.41, 5.74) is 0. The molecule has 0 radical (unpaired) electrons. The number of likely N-dealkylation sites (tertiary alicyclic amines) is 1. The fraction of sp³-hybridized carbons (Fsp3) is 0.917. The third-order valence-electron chi connectivity index (χ3n) is 2.87. The van der Waals surface area contributed by atoms with Crippen molar-refractivity contribution in [2.45, 2.75) is 45.6 Å². The van der Waals surface area contributed by atoms with Crippen LogP contribution in [0.25, 0.3) is 0 Å². The number of Topliss-reactive ketones (excluding diaryl/α,β-unsaturated/α-hetero) is 1. The molecule has 15 heavy (non-hydrogen) atoms. The van der Waals surface area contributed by atoms with E-state index in [1.807, 2.05) is 0 Å². The Morgan fingerprint density at radius 3 is 3.00 bits per heavy atom. The molecule has 1 heterocycles. The molecule has 1 aliphatic rings. The van der Waals surface area contributed by atoms with Crippen molar-refractivity contribution in [1.82, 2.24) is 4.90 Å². The highest BCUT2D eigenvalue weighted by molar-refractivity contribution is 5.75. The lowest BCUT2D eigenvalue weighted by molar-refractivity contribution is -0.117. The van der Waals surface area contributed by atoms with Gasteiger partial charge in [0.05, 0.1) is 6.10 Å². The standard InChI is InChI=1S/C12H23NO2/c1-3-15-12-7-5-9-13(10-12)8-4-6-11(2)14/h12H,3-10H2,1-2H3. The summed E-state index contributed by atoms with van der Waals surface area (Å²) >= 11 is 0. The van der Waals surface area contributed by atoms with Crippen LogP contribution in [0.2, 0.25) is 0 Å². The van der Waals surface area contributed by atoms with Crippen LogP contribution in [0, 0.1) is 0 Å². The van der Waals surface area contributed by atoms with Gasteiger partial charge in [-0.25, -0.2) is 0 Å². The van der Waals surface area contributed by atoms with Gasteiger partial charge < -0.3 is 14.4 Å². The van der Waals surface area contributed by atoms with E-state index in [2.05, 4.69) is 11.8 Å². The van der Waals surface area contributed by atoms with E-state index in [1.54, 1.807) is 6.92 Å². The molecule has 1 saturated heterocycles. The van der Waals surface area contributed by atoms with Crippen molar-refractivity contribution in [3.8, 4) is 0 Å². The molecule has 0 aromatic carbocycles. The molecule has 88 valence electrons. The topological polar surface area (TPSA) is 29.5 Å². The molecule has 0 saturated carbocycles. The molecule has 0 amide bonds. The number of ketones is 1. The van der Waals surface area contributed by atoms with Crippen molar-refractivity contribution < 1.29 is 9.53 Å². The van der Waals surface area contributed by atoms with Crippen molar-refractivity contribution in [2.75, 3.05) is 26.2 Å². The van der Waals surface area contributed by atoms with Crippen LogP contribution in [0.4, 0.5) is 0 Å². The quantitative estimate of drug-likeness (QED) is 0.674. The lowest BCUT2D eigenvalue weighted by Crippen LogP contribution is -2.40. The van der Waals surface area contributed by atoms with Crippen LogP contribution in [0.5, 0.6) is 0 Å². The van der Waals surface area contributed by atoms with Gasteiger partial charge in [0.1, 0.15) is 5.78 Å². The maximum absolute atomic E-state index is 10.8. The van der Waals surface area contributed by atoms with E-state index >= 15 is 0 Å². The molecule has 3 nitrogen and oxygen atoms in total. The molecule has 0 aliphatic carbocycles. The summed E-state index contributed by atoms with van der Waals surface area (Å²) in [6.45, 7) is 7.79. The number of piperidine rings is 1. The summed E-state index contributed by atoms with van der Waals surface area (Å²) in [7, 11) is 0. The maximum atomic E-state index is 10.8. The van der Waals surface area contributed by atoms with Crippen LogP contribution in [0.1, 0.15) is 39.5 Å². The van der Waals surface area contributed by atoms with E-state index in [4.69, 9.17) is 4.74 Å². The first kappa shape index (κ1) is 12.7. The van der Waals surface area contributed by atoms with Gasteiger partial charge in [0.15, 0.2) is 0 Å². The van der Waals surface area contributed by atoms with Gasteiger partial charge in [0.25, 0.3) is 0 Å². The van der Waals surface area contributed by atoms with Crippen LogP contribution in [0.15, 0.2) is 0 Å². The summed E-state index contributed by atoms with van der Waals surface area (Å²) < 4.78 is 5.63. The molecule has 1 unspecified atom stereocenters. The van der Waals surface area contributed by atoms with Gasteiger partial charge in [-0.05, 0) is 46.2 Å². The first-order valence-electron chi connectivity index (χ1n) is 6.05. The second kappa shape index (κ2) is 6.96. The summed E-state index contributed by atoms with van der Waals surface area (Å²) in [6.07, 6.45) is 4.55. The lowest BCUT2D eigenvalue weighted by Gasteiger charge is -2.32. The Bertz CT molecular complexity index is 192. The van der Waals surface area contributed by atoms with Gasteiger partial charge in [0.2, 0.25) is 0 Å². The van der Waals surface area contributed by atoms with E-state index in [-0.39, 0.29) is 0 Å². The predicted molar refractivity (Wildman–Crippen MR) is 61.0 cm³/mol. The van der Waals surface area contributed by atoms with E-state index in [0.717, 1.165) is 32.5 Å². The molecular formula is C12H23NO2. The van der Waals surface area contributed by atoms with Crippen LogP contribution < -0.4 is 0 Å². The van der Waals surface area contributed by atoms with E-state index in [9.17, 15) is 4.79 Å². The molecule has 3 heteroatoms. The largest absolute Gasteiger partial charge is 0.377 e. The zero-order valence-corrected chi connectivity index (χ0v) is 10.00. The minimum absolute atomic E-state index is 0.299. The molecule has 0 spiro atoms. The van der Waals surface area contributed by atoms with Gasteiger partial charge in [-0.3, -0.25) is 0 Å². The summed E-state index contributed by atoms with van der Waals surface area (Å²) in [4.78, 5) is 13.2. The zero-order valence-electron chi connectivity index (χ0n) is 10.00. The SMILES string of the molecule is CCOC1CCCN(CCCC(C)=O)C1. The van der Waals surface area contributed by atoms with Crippen LogP contribution in [-0.4, -0.2) is 43.0 Å². The first-order valence-corrected chi connectivity index (χ1v) is 6.05. The second-order valence-corrected chi connectivity index (χ2v) is 4.33. The van der Waals surface area contributed by atoms with Crippen molar-refractivity contribution in [3.63, 3.8) is 0 Å². The summed E-state index contributed by atoms with van der Waals surface area (Å²) in [6, 6.07) is 0. The monoisotopic (exact) mass is 213 g/mol. The number of rotatable bonds is 6. The van der Waals surface area contributed by atoms with E-state index in [0.29, 0.717) is 11.9 Å². The number of carbonyl (C=O) groups excluding carboxylic acids is 1. The van der Waals surface area contributed by atoms with Gasteiger partial charge in [-0.1, -0.05) is 0 Å². The maximum Gasteiger partial charge on any atom is 0.129 e. The highest BCUT2D eigenvalue weighted by atomic mass is 16.5. The number of nitrogens with zero attached hydrogens (tertiary/aromatic N) is 1. The number of hydrogen-bond donors (Lipinski definition) is 0. The average Bonchev–Trinajstić information content (AvgIpc) is 2.18. The minimum Gasteiger partial charge on any atom is -0.377 e. The normalized spacial score (nSPS) is 22.9. The molecule has 0 bridgehead atoms. The molecule has 0 aromatic rings. The highest BCUT2D eigenvalue weighted by Gasteiger charge is 2.19. The number of carbonyl (C=O) groups is 1. The van der Waals surface area contributed by atoms with Gasteiger partial charge >= 0.3 is 0 Å². The fourth-order valence-corrected chi connectivity index (χ4v) is 2.14. The van der Waals surface area contributed by atoms with Gasteiger partial charge in [0, 0.05) is 19.6 Å². The first-order chi connectivity index (χ1) is 7.22. The van der Waals surface area contributed by atoms with Crippen LogP contribution >= 0.6 is 0 Å². The highest BCUT2D eigenvalue weighted by Crippen LogP contribution is 2.13. The Morgan fingerprint density at radius 1 is 1.53 bits per heavy atom. The van der Waals surface area contributed by atoms with Crippen molar-refractivity contribution in [2.24, 2.45) is 0 Å². The van der Waals surface area contributed by atoms with Crippen LogP contribution in [-0.2, 0) is 9.53 Å². The Kier molecular flexibility index (Phi) is 5.88. The van der Waals surface area contributed by atoms with Gasteiger partial charge in [-0.2, -0.15) is 0 Å². The molecule has 1 aliphatic heterocycles. The molecule has 1 fully saturated rings. The molecule has 0 N–H and O–H groups in total. The van der Waals surface area contributed by atoms with Crippen molar-refractivity contribution in [3.05, 3.63) is 0 Å². The molecule has 1 rings (SSSR count). The van der Waals surface area contributed by atoms with E-state index < -0.39 is 0 Å². The average molecular weight is 213 g/mol. The second-order valence-electron chi connectivity index (χ2n) is 4.33. The predicted octanol–water partition coefficient (Wildman–Crippen LogP) is 1.86. The van der Waals surface area contributed by atoms with Crippen molar-refractivity contribution >= 4 is 5.78 Å². The molecule has 1 atom stereocenters. The third kappa shape index (κ3) is 5.28. The Hall–Kier alpha value is -0.410. The van der Waals surface area contributed by atoms with Gasteiger partial charge in [-0.15, -0.1) is 0 Å². The zero-order chi connectivity index (χ0) is 11.1. The summed E-state index contributed by atoms with van der Waals surface area (Å²) in [5.74, 6) is 0.299. The summed E-state index contributed by atoms with van der Waals surface area (Å²) in [5, 5.41) is 0. The van der Waals surface area contributed by atoms with E-state index in [1.165, 1.54) is 19.4 Å². The molecular weight excluding hydrogens is 190 g/mol. The lowest BCUT2D eigenvalue weighted by atomic mass is 10.1. The smallest absolute Gasteiger partial charge is 0.129 e. The minimum atomic E-state index is 0.299. The third-order valence-corrected chi connectivity index (χ3v) is 2.87.